The molecule has 158 valence electrons. The van der Waals surface area contributed by atoms with E-state index >= 15 is 0 Å². The maximum atomic E-state index is 12.7. The molecule has 0 radical (unpaired) electrons. The maximum Gasteiger partial charge on any atom is 0.240 e. The number of benzene rings is 1. The minimum Gasteiger partial charge on any atom is -0.304 e. The Kier molecular flexibility index (Phi) is 7.92. The first kappa shape index (κ1) is 21.8. The quantitative estimate of drug-likeness (QED) is 0.638. The van der Waals surface area contributed by atoms with Crippen LogP contribution in [0, 0.1) is 0 Å². The van der Waals surface area contributed by atoms with Crippen LogP contribution in [0.1, 0.15) is 63.5 Å². The lowest BCUT2D eigenvalue weighted by Crippen LogP contribution is -2.40. The van der Waals surface area contributed by atoms with Crippen molar-refractivity contribution in [3.8, 4) is 0 Å². The van der Waals surface area contributed by atoms with E-state index in [0.29, 0.717) is 17.5 Å². The van der Waals surface area contributed by atoms with Gasteiger partial charge in [-0.15, -0.1) is 0 Å². The summed E-state index contributed by atoms with van der Waals surface area (Å²) in [6, 6.07) is 6.40. The van der Waals surface area contributed by atoms with E-state index in [-0.39, 0.29) is 0 Å². The summed E-state index contributed by atoms with van der Waals surface area (Å²) in [5.74, 6) is 0. The number of sulfonamides is 1. The number of hydrogen-bond donors (Lipinski definition) is 1. The van der Waals surface area contributed by atoms with E-state index in [9.17, 15) is 8.42 Å². The number of rotatable bonds is 9. The van der Waals surface area contributed by atoms with E-state index in [0.717, 1.165) is 45.6 Å². The zero-order chi connectivity index (χ0) is 20.0. The monoisotopic (exact) mass is 407 g/mol. The second-order valence-corrected chi connectivity index (χ2v) is 9.99. The largest absolute Gasteiger partial charge is 0.304 e. The average Bonchev–Trinajstić information content (AvgIpc) is 2.73. The highest BCUT2D eigenvalue weighted by molar-refractivity contribution is 7.89. The lowest BCUT2D eigenvalue weighted by Gasteiger charge is -2.37. The Hall–Kier alpha value is -0.950. The summed E-state index contributed by atoms with van der Waals surface area (Å²) in [4.78, 5) is 5.31. The fourth-order valence-electron chi connectivity index (χ4n) is 4.61. The zero-order valence-corrected chi connectivity index (χ0v) is 18.4. The van der Waals surface area contributed by atoms with Crippen molar-refractivity contribution in [3.63, 3.8) is 0 Å². The van der Waals surface area contributed by atoms with Crippen molar-refractivity contribution in [1.29, 1.82) is 0 Å². The minimum absolute atomic E-state index is 0.416. The molecule has 1 heterocycles. The van der Waals surface area contributed by atoms with Gasteiger partial charge < -0.3 is 4.90 Å². The van der Waals surface area contributed by atoms with Crippen molar-refractivity contribution in [2.75, 3.05) is 32.7 Å². The van der Waals surface area contributed by atoms with Gasteiger partial charge in [-0.05, 0) is 68.6 Å². The number of nitrogens with zero attached hydrogens (tertiary/aromatic N) is 2. The smallest absolute Gasteiger partial charge is 0.240 e. The van der Waals surface area contributed by atoms with E-state index in [2.05, 4.69) is 28.4 Å². The molecule has 1 aliphatic heterocycles. The summed E-state index contributed by atoms with van der Waals surface area (Å²) < 4.78 is 28.3. The summed E-state index contributed by atoms with van der Waals surface area (Å²) in [6.07, 6.45) is 8.48. The lowest BCUT2D eigenvalue weighted by molar-refractivity contribution is 0.141. The molecule has 3 rings (SSSR count). The van der Waals surface area contributed by atoms with Crippen LogP contribution in [-0.2, 0) is 23.0 Å². The predicted octanol–water partition coefficient (Wildman–Crippen LogP) is 3.39. The van der Waals surface area contributed by atoms with Gasteiger partial charge in [0.15, 0.2) is 0 Å². The fourth-order valence-corrected chi connectivity index (χ4v) is 5.74. The van der Waals surface area contributed by atoms with Crippen LogP contribution in [0.25, 0.3) is 0 Å². The van der Waals surface area contributed by atoms with Crippen molar-refractivity contribution in [3.05, 3.63) is 29.3 Å². The summed E-state index contributed by atoms with van der Waals surface area (Å²) in [7, 11) is -3.43. The fraction of sp³-hybridized carbons (Fsp3) is 0.727. The molecule has 0 saturated heterocycles. The Morgan fingerprint density at radius 3 is 2.57 bits per heavy atom. The van der Waals surface area contributed by atoms with E-state index in [1.807, 2.05) is 12.1 Å². The second-order valence-electron chi connectivity index (χ2n) is 8.22. The van der Waals surface area contributed by atoms with Gasteiger partial charge in [0.05, 0.1) is 4.90 Å². The molecule has 1 fully saturated rings. The van der Waals surface area contributed by atoms with Gasteiger partial charge >= 0.3 is 0 Å². The van der Waals surface area contributed by atoms with Gasteiger partial charge in [-0.3, -0.25) is 4.90 Å². The molecule has 2 aliphatic rings. The minimum atomic E-state index is -3.43. The molecule has 28 heavy (non-hydrogen) atoms. The first-order valence-corrected chi connectivity index (χ1v) is 12.6. The SMILES string of the molecule is CCN(CC)CCCNS(=O)(=O)c1ccc2c(c1)CN(C1CCCCC1)CC2. The highest BCUT2D eigenvalue weighted by Crippen LogP contribution is 2.29. The van der Waals surface area contributed by atoms with Gasteiger partial charge in [-0.1, -0.05) is 39.2 Å². The first-order chi connectivity index (χ1) is 13.5. The molecule has 6 heteroatoms. The van der Waals surface area contributed by atoms with Crippen LogP contribution in [0.5, 0.6) is 0 Å². The van der Waals surface area contributed by atoms with Crippen LogP contribution in [0.15, 0.2) is 23.1 Å². The van der Waals surface area contributed by atoms with Gasteiger partial charge in [0, 0.05) is 25.7 Å². The van der Waals surface area contributed by atoms with Gasteiger partial charge in [0.1, 0.15) is 0 Å². The molecule has 1 aromatic carbocycles. The van der Waals surface area contributed by atoms with Crippen LogP contribution >= 0.6 is 0 Å². The molecule has 1 saturated carbocycles. The van der Waals surface area contributed by atoms with E-state index < -0.39 is 10.0 Å². The molecular weight excluding hydrogens is 370 g/mol. The van der Waals surface area contributed by atoms with Crippen molar-refractivity contribution >= 4 is 10.0 Å². The molecule has 1 aromatic rings. The summed E-state index contributed by atoms with van der Waals surface area (Å²) in [6.45, 7) is 9.70. The van der Waals surface area contributed by atoms with Crippen LogP contribution in [0.3, 0.4) is 0 Å². The second kappa shape index (κ2) is 10.2. The normalized spacial score (nSPS) is 19.1. The summed E-state index contributed by atoms with van der Waals surface area (Å²) >= 11 is 0. The van der Waals surface area contributed by atoms with Crippen LogP contribution in [0.4, 0.5) is 0 Å². The standard InChI is InChI=1S/C22H37N3O2S/c1-3-24(4-2)15-8-14-23-28(26,27)22-12-11-19-13-16-25(18-20(19)17-22)21-9-6-5-7-10-21/h11-12,17,21,23H,3-10,13-16,18H2,1-2H3. The lowest BCUT2D eigenvalue weighted by atomic mass is 9.91. The molecule has 0 unspecified atom stereocenters. The average molecular weight is 408 g/mol. The van der Waals surface area contributed by atoms with E-state index in [4.69, 9.17) is 0 Å². The Morgan fingerprint density at radius 1 is 1.11 bits per heavy atom. The van der Waals surface area contributed by atoms with Crippen molar-refractivity contribution in [1.82, 2.24) is 14.5 Å². The highest BCUT2D eigenvalue weighted by atomic mass is 32.2. The summed E-state index contributed by atoms with van der Waals surface area (Å²) in [5.41, 5.74) is 2.51. The molecule has 0 atom stereocenters. The van der Waals surface area contributed by atoms with Crippen molar-refractivity contribution < 1.29 is 8.42 Å². The Balaban J connectivity index is 1.60. The Bertz CT molecular complexity index is 725. The Morgan fingerprint density at radius 2 is 1.86 bits per heavy atom. The van der Waals surface area contributed by atoms with Crippen molar-refractivity contribution in [2.24, 2.45) is 0 Å². The topological polar surface area (TPSA) is 52.7 Å². The molecule has 1 N–H and O–H groups in total. The van der Waals surface area contributed by atoms with E-state index in [1.54, 1.807) is 6.07 Å². The Labute approximate surface area is 171 Å². The molecule has 0 aromatic heterocycles. The molecule has 0 amide bonds. The number of nitrogens with one attached hydrogen (secondary N) is 1. The zero-order valence-electron chi connectivity index (χ0n) is 17.6. The van der Waals surface area contributed by atoms with E-state index in [1.165, 1.54) is 43.2 Å². The molecule has 0 spiro atoms. The molecule has 5 nitrogen and oxygen atoms in total. The third-order valence-electron chi connectivity index (χ3n) is 6.46. The maximum absolute atomic E-state index is 12.7. The van der Waals surface area contributed by atoms with Gasteiger partial charge in [0.25, 0.3) is 0 Å². The first-order valence-electron chi connectivity index (χ1n) is 11.1. The highest BCUT2D eigenvalue weighted by Gasteiger charge is 2.26. The van der Waals surface area contributed by atoms with Gasteiger partial charge in [-0.25, -0.2) is 13.1 Å². The summed E-state index contributed by atoms with van der Waals surface area (Å²) in [5, 5.41) is 0. The predicted molar refractivity (Wildman–Crippen MR) is 115 cm³/mol. The third kappa shape index (κ3) is 5.56. The number of hydrogen-bond acceptors (Lipinski definition) is 4. The van der Waals surface area contributed by atoms with Gasteiger partial charge in [-0.2, -0.15) is 0 Å². The van der Waals surface area contributed by atoms with Gasteiger partial charge in [0.2, 0.25) is 10.0 Å². The third-order valence-corrected chi connectivity index (χ3v) is 7.92. The van der Waals surface area contributed by atoms with Crippen molar-refractivity contribution in [2.45, 2.75) is 76.3 Å². The van der Waals surface area contributed by atoms with Crippen LogP contribution in [0.2, 0.25) is 0 Å². The van der Waals surface area contributed by atoms with Crippen LogP contribution in [-0.4, -0.2) is 57.0 Å². The molecule has 0 bridgehead atoms. The molecule has 1 aliphatic carbocycles. The van der Waals surface area contributed by atoms with Crippen LogP contribution < -0.4 is 4.72 Å². The number of fused-ring (bicyclic) bond motifs is 1. The molecular formula is C22H37N3O2S.